The number of halogens is 1. The van der Waals surface area contributed by atoms with Gasteiger partial charge in [0.25, 0.3) is 5.91 Å². The maximum Gasteiger partial charge on any atom is 0.258 e. The van der Waals surface area contributed by atoms with Crippen LogP contribution in [0.15, 0.2) is 46.9 Å². The maximum absolute atomic E-state index is 12.4. The number of anilines is 1. The normalized spacial score (nSPS) is 12.2. The summed E-state index contributed by atoms with van der Waals surface area (Å²) in [6.07, 6.45) is 0.727. The molecule has 1 amide bonds. The van der Waals surface area contributed by atoms with E-state index in [0.29, 0.717) is 10.7 Å². The van der Waals surface area contributed by atoms with E-state index in [1.54, 1.807) is 6.07 Å². The van der Waals surface area contributed by atoms with E-state index in [2.05, 4.69) is 26.2 Å². The number of benzene rings is 2. The van der Waals surface area contributed by atoms with Gasteiger partial charge >= 0.3 is 0 Å². The van der Waals surface area contributed by atoms with E-state index in [-0.39, 0.29) is 12.7 Å². The Morgan fingerprint density at radius 2 is 2.04 bits per heavy atom. The van der Waals surface area contributed by atoms with E-state index in [1.807, 2.05) is 43.3 Å². The molecular weight excluding hydrogens is 416 g/mol. The number of fused-ring (bicyclic) bond motifs is 1. The number of hydrogen-bond donors (Lipinski definition) is 1. The number of ether oxygens (including phenoxy) is 2. The van der Waals surface area contributed by atoms with Crippen molar-refractivity contribution in [3.8, 4) is 11.5 Å². The van der Waals surface area contributed by atoms with Crippen molar-refractivity contribution in [2.45, 2.75) is 13.3 Å². The second-order valence-electron chi connectivity index (χ2n) is 5.83. The molecule has 0 fully saturated rings. The lowest BCUT2D eigenvalue weighted by molar-refractivity contribution is 0.102. The molecule has 26 heavy (non-hydrogen) atoms. The molecule has 0 bridgehead atoms. The van der Waals surface area contributed by atoms with Crippen LogP contribution in [0.1, 0.15) is 26.5 Å². The van der Waals surface area contributed by atoms with Crippen molar-refractivity contribution >= 4 is 38.3 Å². The molecule has 1 N–H and O–H groups in total. The summed E-state index contributed by atoms with van der Waals surface area (Å²) in [4.78, 5) is 18.0. The number of amides is 1. The molecule has 3 aromatic rings. The van der Waals surface area contributed by atoms with E-state index in [9.17, 15) is 4.79 Å². The summed E-state index contributed by atoms with van der Waals surface area (Å²) in [6.45, 7) is 2.22. The van der Waals surface area contributed by atoms with Crippen molar-refractivity contribution in [2.24, 2.45) is 0 Å². The zero-order chi connectivity index (χ0) is 18.1. The third-order valence-electron chi connectivity index (χ3n) is 4.03. The lowest BCUT2D eigenvalue weighted by atomic mass is 10.1. The molecule has 0 unspecified atom stereocenters. The molecule has 2 heterocycles. The van der Waals surface area contributed by atoms with Gasteiger partial charge < -0.3 is 9.47 Å². The summed E-state index contributed by atoms with van der Waals surface area (Å²) in [5.41, 5.74) is 2.61. The van der Waals surface area contributed by atoms with Gasteiger partial charge in [0, 0.05) is 15.8 Å². The van der Waals surface area contributed by atoms with E-state index >= 15 is 0 Å². The first-order valence-electron chi connectivity index (χ1n) is 8.01. The quantitative estimate of drug-likeness (QED) is 0.646. The van der Waals surface area contributed by atoms with E-state index < -0.39 is 0 Å². The van der Waals surface area contributed by atoms with Crippen LogP contribution in [0.5, 0.6) is 11.5 Å². The van der Waals surface area contributed by atoms with Crippen LogP contribution in [0.3, 0.4) is 0 Å². The van der Waals surface area contributed by atoms with Gasteiger partial charge in [-0.3, -0.25) is 10.1 Å². The lowest BCUT2D eigenvalue weighted by Gasteiger charge is -2.03. The Bertz CT molecular complexity index is 987. The molecule has 0 saturated heterocycles. The number of aryl methyl sites for hydroxylation is 1. The third-order valence-corrected chi connectivity index (χ3v) is 5.80. The van der Waals surface area contributed by atoms with Gasteiger partial charge in [-0.25, -0.2) is 4.98 Å². The molecule has 5 nitrogen and oxygen atoms in total. The van der Waals surface area contributed by atoms with Crippen molar-refractivity contribution in [1.82, 2.24) is 4.98 Å². The third kappa shape index (κ3) is 3.45. The highest BCUT2D eigenvalue weighted by Crippen LogP contribution is 2.34. The summed E-state index contributed by atoms with van der Waals surface area (Å²) < 4.78 is 11.5. The van der Waals surface area contributed by atoms with Gasteiger partial charge in [0.2, 0.25) is 6.79 Å². The molecule has 4 rings (SSSR count). The second-order valence-corrected chi connectivity index (χ2v) is 7.76. The summed E-state index contributed by atoms with van der Waals surface area (Å²) in [5, 5.41) is 3.48. The van der Waals surface area contributed by atoms with Gasteiger partial charge in [0.1, 0.15) is 0 Å². The number of carbonyl (C=O) groups is 1. The predicted molar refractivity (Wildman–Crippen MR) is 104 cm³/mol. The minimum atomic E-state index is -0.180. The standard InChI is InChI=1S/C19H15BrN2O3S/c1-11-17(9-12-6-7-15-16(8-12)25-10-24-15)26-19(21-11)22-18(23)13-4-2-3-5-14(13)20/h2-8H,9-10H2,1H3,(H,21,22,23). The average molecular weight is 431 g/mol. The molecule has 2 aromatic carbocycles. The molecule has 0 atom stereocenters. The van der Waals surface area contributed by atoms with Crippen LogP contribution in [-0.4, -0.2) is 17.7 Å². The highest BCUT2D eigenvalue weighted by Gasteiger charge is 2.16. The highest BCUT2D eigenvalue weighted by molar-refractivity contribution is 9.10. The van der Waals surface area contributed by atoms with Crippen LogP contribution in [0.4, 0.5) is 5.13 Å². The monoisotopic (exact) mass is 430 g/mol. The Morgan fingerprint density at radius 1 is 1.23 bits per heavy atom. The smallest absolute Gasteiger partial charge is 0.258 e. The Morgan fingerprint density at radius 3 is 2.88 bits per heavy atom. The maximum atomic E-state index is 12.4. The number of nitrogens with one attached hydrogen (secondary N) is 1. The van der Waals surface area contributed by atoms with E-state index in [1.165, 1.54) is 11.3 Å². The predicted octanol–water partition coefficient (Wildman–Crippen LogP) is 4.79. The summed E-state index contributed by atoms with van der Waals surface area (Å²) >= 11 is 4.88. The summed E-state index contributed by atoms with van der Waals surface area (Å²) in [5.74, 6) is 1.36. The molecule has 1 aliphatic rings. The SMILES string of the molecule is Cc1nc(NC(=O)c2ccccc2Br)sc1Cc1ccc2c(c1)OCO2. The van der Waals surface area contributed by atoms with E-state index in [4.69, 9.17) is 9.47 Å². The molecular formula is C19H15BrN2O3S. The van der Waals surface area contributed by atoms with Gasteiger partial charge in [0.15, 0.2) is 16.6 Å². The minimum Gasteiger partial charge on any atom is -0.454 e. The number of carbonyl (C=O) groups excluding carboxylic acids is 1. The number of hydrogen-bond acceptors (Lipinski definition) is 5. The zero-order valence-electron chi connectivity index (χ0n) is 13.9. The molecule has 7 heteroatoms. The number of nitrogens with zero attached hydrogens (tertiary/aromatic N) is 1. The van der Waals surface area contributed by atoms with Gasteiger partial charge in [-0.1, -0.05) is 18.2 Å². The first kappa shape index (κ1) is 17.1. The van der Waals surface area contributed by atoms with Gasteiger partial charge in [-0.15, -0.1) is 11.3 Å². The Labute approximate surface area is 163 Å². The van der Waals surface area contributed by atoms with Crippen LogP contribution in [-0.2, 0) is 6.42 Å². The molecule has 0 radical (unpaired) electrons. The topological polar surface area (TPSA) is 60.5 Å². The van der Waals surface area contributed by atoms with Gasteiger partial charge in [-0.2, -0.15) is 0 Å². The molecule has 1 aliphatic heterocycles. The highest BCUT2D eigenvalue weighted by atomic mass is 79.9. The van der Waals surface area contributed by atoms with Gasteiger partial charge in [0.05, 0.1) is 11.3 Å². The second kappa shape index (κ2) is 7.09. The van der Waals surface area contributed by atoms with Crippen LogP contribution < -0.4 is 14.8 Å². The average Bonchev–Trinajstić information content (AvgIpc) is 3.21. The van der Waals surface area contributed by atoms with Crippen molar-refractivity contribution in [2.75, 3.05) is 12.1 Å². The Balaban J connectivity index is 1.51. The first-order chi connectivity index (χ1) is 12.6. The molecule has 0 spiro atoms. The number of rotatable bonds is 4. The van der Waals surface area contributed by atoms with Crippen LogP contribution in [0, 0.1) is 6.92 Å². The van der Waals surface area contributed by atoms with Crippen molar-refractivity contribution in [3.63, 3.8) is 0 Å². The van der Waals surface area contributed by atoms with Crippen molar-refractivity contribution in [3.05, 3.63) is 68.6 Å². The molecule has 0 aliphatic carbocycles. The number of aromatic nitrogens is 1. The summed E-state index contributed by atoms with van der Waals surface area (Å²) in [7, 11) is 0. The van der Waals surface area contributed by atoms with Gasteiger partial charge in [-0.05, 0) is 52.7 Å². The molecule has 0 saturated carbocycles. The minimum absolute atomic E-state index is 0.180. The first-order valence-corrected chi connectivity index (χ1v) is 9.62. The number of thiazole rings is 1. The van der Waals surface area contributed by atoms with Crippen molar-refractivity contribution in [1.29, 1.82) is 0 Å². The summed E-state index contributed by atoms with van der Waals surface area (Å²) in [6, 6.07) is 13.2. The fourth-order valence-corrected chi connectivity index (χ4v) is 4.15. The lowest BCUT2D eigenvalue weighted by Crippen LogP contribution is -2.12. The van der Waals surface area contributed by atoms with Crippen LogP contribution in [0.2, 0.25) is 0 Å². The largest absolute Gasteiger partial charge is 0.454 e. The fraction of sp³-hybridized carbons (Fsp3) is 0.158. The van der Waals surface area contributed by atoms with Crippen molar-refractivity contribution < 1.29 is 14.3 Å². The Hall–Kier alpha value is -2.38. The zero-order valence-corrected chi connectivity index (χ0v) is 16.3. The fourth-order valence-electron chi connectivity index (χ4n) is 2.69. The Kier molecular flexibility index (Phi) is 4.65. The molecule has 132 valence electrons. The van der Waals surface area contributed by atoms with Crippen LogP contribution >= 0.6 is 27.3 Å². The van der Waals surface area contributed by atoms with E-state index in [0.717, 1.165) is 38.5 Å². The molecule has 1 aromatic heterocycles. The van der Waals surface area contributed by atoms with Crippen LogP contribution in [0.25, 0.3) is 0 Å².